The second-order valence-electron chi connectivity index (χ2n) is 7.39. The van der Waals surface area contributed by atoms with Crippen LogP contribution in [-0.2, 0) is 12.8 Å². The number of fused-ring (bicyclic) bond motifs is 1. The molecule has 2 aliphatic rings. The number of amides is 1. The molecule has 1 aliphatic carbocycles. The van der Waals surface area contributed by atoms with Gasteiger partial charge in [-0.25, -0.2) is 0 Å². The van der Waals surface area contributed by atoms with Crippen LogP contribution >= 0.6 is 11.8 Å². The van der Waals surface area contributed by atoms with E-state index in [1.54, 1.807) is 11.8 Å². The first kappa shape index (κ1) is 18.3. The van der Waals surface area contributed by atoms with Crippen LogP contribution in [0, 0.1) is 5.92 Å². The number of hydrogen-bond donors (Lipinski definition) is 1. The summed E-state index contributed by atoms with van der Waals surface area (Å²) in [6, 6.07) is 7.76. The third-order valence-corrected chi connectivity index (χ3v) is 6.51. The fourth-order valence-corrected chi connectivity index (χ4v) is 4.85. The summed E-state index contributed by atoms with van der Waals surface area (Å²) in [6.45, 7) is 1.19. The van der Waals surface area contributed by atoms with Gasteiger partial charge in [-0.2, -0.15) is 5.10 Å². The molecule has 0 radical (unpaired) electrons. The lowest BCUT2D eigenvalue weighted by Crippen LogP contribution is -2.43. The van der Waals surface area contributed by atoms with E-state index in [1.807, 2.05) is 35.4 Å². The topological polar surface area (TPSA) is 66.1 Å². The van der Waals surface area contributed by atoms with Crippen molar-refractivity contribution >= 4 is 23.5 Å². The summed E-state index contributed by atoms with van der Waals surface area (Å²) in [5.74, 6) is -0.00248. The number of nitrogens with one attached hydrogen (secondary N) is 1. The molecule has 142 valence electrons. The number of aromatic amines is 1. The van der Waals surface area contributed by atoms with Gasteiger partial charge in [0.15, 0.2) is 11.5 Å². The predicted octanol–water partition coefficient (Wildman–Crippen LogP) is 3.75. The first-order chi connectivity index (χ1) is 13.2. The molecular weight excluding hydrogens is 358 g/mol. The molecule has 1 N–H and O–H groups in total. The maximum atomic E-state index is 13.1. The molecule has 6 heteroatoms. The van der Waals surface area contributed by atoms with Crippen molar-refractivity contribution in [3.8, 4) is 0 Å². The maximum Gasteiger partial charge on any atom is 0.274 e. The highest BCUT2D eigenvalue weighted by molar-refractivity contribution is 7.98. The number of carbonyl (C=O) groups is 2. The van der Waals surface area contributed by atoms with Crippen molar-refractivity contribution in [1.29, 1.82) is 0 Å². The fourth-order valence-electron chi connectivity index (χ4n) is 4.25. The van der Waals surface area contributed by atoms with Crippen molar-refractivity contribution in [3.05, 3.63) is 46.8 Å². The van der Waals surface area contributed by atoms with E-state index in [4.69, 9.17) is 0 Å². The van der Waals surface area contributed by atoms with Gasteiger partial charge < -0.3 is 4.90 Å². The van der Waals surface area contributed by atoms with Crippen LogP contribution < -0.4 is 0 Å². The summed E-state index contributed by atoms with van der Waals surface area (Å²) in [5.41, 5.74) is 3.55. The van der Waals surface area contributed by atoms with E-state index in [0.717, 1.165) is 60.2 Å². The molecule has 0 saturated carbocycles. The SMILES string of the molecule is CSc1ccccc1C(=O)[C@H]1CCCN(C(=O)c2n[nH]c3c2CCCC3)C1. The van der Waals surface area contributed by atoms with E-state index in [2.05, 4.69) is 10.2 Å². The number of benzene rings is 1. The molecule has 1 fully saturated rings. The number of H-pyrrole nitrogens is 1. The summed E-state index contributed by atoms with van der Waals surface area (Å²) in [5, 5.41) is 7.38. The largest absolute Gasteiger partial charge is 0.337 e. The van der Waals surface area contributed by atoms with Gasteiger partial charge in [-0.15, -0.1) is 11.8 Å². The van der Waals surface area contributed by atoms with Crippen molar-refractivity contribution < 1.29 is 9.59 Å². The van der Waals surface area contributed by atoms with Crippen LogP contribution in [0.15, 0.2) is 29.2 Å². The maximum absolute atomic E-state index is 13.1. The predicted molar refractivity (Wildman–Crippen MR) is 106 cm³/mol. The molecule has 4 rings (SSSR count). The molecule has 2 aromatic rings. The summed E-state index contributed by atoms with van der Waals surface area (Å²) >= 11 is 1.59. The Labute approximate surface area is 163 Å². The van der Waals surface area contributed by atoms with Crippen molar-refractivity contribution in [2.45, 2.75) is 43.4 Å². The van der Waals surface area contributed by atoms with E-state index in [1.165, 1.54) is 0 Å². The average molecular weight is 384 g/mol. The summed E-state index contributed by atoms with van der Waals surface area (Å²) in [4.78, 5) is 29.0. The van der Waals surface area contributed by atoms with Gasteiger partial charge in [-0.1, -0.05) is 18.2 Å². The molecule has 1 aromatic heterocycles. The Bertz CT molecular complexity index is 861. The lowest BCUT2D eigenvalue weighted by atomic mass is 9.89. The Balaban J connectivity index is 1.52. The number of aromatic nitrogens is 2. The van der Waals surface area contributed by atoms with Crippen molar-refractivity contribution in [3.63, 3.8) is 0 Å². The van der Waals surface area contributed by atoms with Crippen LogP contribution in [-0.4, -0.2) is 46.1 Å². The molecule has 1 saturated heterocycles. The minimum atomic E-state index is -0.134. The second-order valence-corrected chi connectivity index (χ2v) is 8.24. The van der Waals surface area contributed by atoms with Gasteiger partial charge in [0.2, 0.25) is 0 Å². The lowest BCUT2D eigenvalue weighted by molar-refractivity contribution is 0.0630. The van der Waals surface area contributed by atoms with Crippen LogP contribution in [0.2, 0.25) is 0 Å². The van der Waals surface area contributed by atoms with Gasteiger partial charge in [-0.3, -0.25) is 14.7 Å². The number of likely N-dealkylation sites (tertiary alicyclic amines) is 1. The number of nitrogens with zero attached hydrogens (tertiary/aromatic N) is 2. The Morgan fingerprint density at radius 3 is 2.85 bits per heavy atom. The molecule has 2 heterocycles. The lowest BCUT2D eigenvalue weighted by Gasteiger charge is -2.32. The minimum absolute atomic E-state index is 0.0231. The first-order valence-corrected chi connectivity index (χ1v) is 10.9. The third kappa shape index (κ3) is 3.55. The van der Waals surface area contributed by atoms with E-state index < -0.39 is 0 Å². The molecule has 0 spiro atoms. The monoisotopic (exact) mass is 383 g/mol. The summed E-state index contributed by atoms with van der Waals surface area (Å²) < 4.78 is 0. The van der Waals surface area contributed by atoms with Crippen LogP contribution in [0.4, 0.5) is 0 Å². The Kier molecular flexibility index (Phi) is 5.34. The quantitative estimate of drug-likeness (QED) is 0.645. The van der Waals surface area contributed by atoms with Gasteiger partial charge in [0.25, 0.3) is 5.91 Å². The van der Waals surface area contributed by atoms with Crippen LogP contribution in [0.3, 0.4) is 0 Å². The number of carbonyl (C=O) groups excluding carboxylic acids is 2. The number of piperidine rings is 1. The van der Waals surface area contributed by atoms with E-state index in [-0.39, 0.29) is 17.6 Å². The highest BCUT2D eigenvalue weighted by Gasteiger charge is 2.32. The average Bonchev–Trinajstić information content (AvgIpc) is 3.17. The molecule has 5 nitrogen and oxygen atoms in total. The highest BCUT2D eigenvalue weighted by Crippen LogP contribution is 2.28. The number of aryl methyl sites for hydroxylation is 1. The minimum Gasteiger partial charge on any atom is -0.337 e. The number of ketones is 1. The standard InChI is InChI=1S/C21H25N3O2S/c1-27-18-11-5-3-9-16(18)20(25)14-7-6-12-24(13-14)21(26)19-15-8-2-4-10-17(15)22-23-19/h3,5,9,11,14H,2,4,6-8,10,12-13H2,1H3,(H,22,23)/t14-/m0/s1. The zero-order valence-corrected chi connectivity index (χ0v) is 16.5. The molecule has 0 unspecified atom stereocenters. The number of rotatable bonds is 4. The zero-order chi connectivity index (χ0) is 18.8. The number of hydrogen-bond acceptors (Lipinski definition) is 4. The first-order valence-electron chi connectivity index (χ1n) is 9.71. The normalized spacial score (nSPS) is 19.6. The Morgan fingerprint density at radius 2 is 2.00 bits per heavy atom. The Hall–Kier alpha value is -2.08. The number of thioether (sulfide) groups is 1. The van der Waals surface area contributed by atoms with Crippen molar-refractivity contribution in [2.75, 3.05) is 19.3 Å². The van der Waals surface area contributed by atoms with E-state index >= 15 is 0 Å². The van der Waals surface area contributed by atoms with Gasteiger partial charge in [0, 0.05) is 40.7 Å². The van der Waals surface area contributed by atoms with Crippen LogP contribution in [0.5, 0.6) is 0 Å². The van der Waals surface area contributed by atoms with Gasteiger partial charge in [0.1, 0.15) is 0 Å². The van der Waals surface area contributed by atoms with Crippen molar-refractivity contribution in [2.24, 2.45) is 5.92 Å². The molecule has 1 aliphatic heterocycles. The fraction of sp³-hybridized carbons (Fsp3) is 0.476. The summed E-state index contributed by atoms with van der Waals surface area (Å²) in [6.07, 6.45) is 7.84. The van der Waals surface area contributed by atoms with Crippen molar-refractivity contribution in [1.82, 2.24) is 15.1 Å². The van der Waals surface area contributed by atoms with Crippen LogP contribution in [0.25, 0.3) is 0 Å². The molecule has 27 heavy (non-hydrogen) atoms. The van der Waals surface area contributed by atoms with E-state index in [0.29, 0.717) is 18.8 Å². The summed E-state index contributed by atoms with van der Waals surface area (Å²) in [7, 11) is 0. The molecule has 1 amide bonds. The molecule has 0 bridgehead atoms. The second kappa shape index (κ2) is 7.89. The molecule has 1 aromatic carbocycles. The highest BCUT2D eigenvalue weighted by atomic mass is 32.2. The van der Waals surface area contributed by atoms with Gasteiger partial charge in [-0.05, 0) is 50.8 Å². The zero-order valence-electron chi connectivity index (χ0n) is 15.7. The number of Topliss-reactive ketones (excluding diaryl/α,β-unsaturated/α-hetero) is 1. The van der Waals surface area contributed by atoms with E-state index in [9.17, 15) is 9.59 Å². The molecular formula is C21H25N3O2S. The van der Waals surface area contributed by atoms with Gasteiger partial charge in [0.05, 0.1) is 0 Å². The smallest absolute Gasteiger partial charge is 0.274 e. The van der Waals surface area contributed by atoms with Crippen LogP contribution in [0.1, 0.15) is 57.8 Å². The third-order valence-electron chi connectivity index (χ3n) is 5.71. The molecule has 1 atom stereocenters. The Morgan fingerprint density at radius 1 is 1.19 bits per heavy atom. The van der Waals surface area contributed by atoms with Gasteiger partial charge >= 0.3 is 0 Å².